The Bertz CT molecular complexity index is 145. The molecular weight excluding hydrogens is 204 g/mol. The molecule has 16 heavy (non-hydrogen) atoms. The fourth-order valence-electron chi connectivity index (χ4n) is 1.65. The van der Waals surface area contributed by atoms with E-state index in [9.17, 15) is 0 Å². The second-order valence-corrected chi connectivity index (χ2v) is 3.86. The van der Waals surface area contributed by atoms with Gasteiger partial charge in [-0.15, -0.1) is 0 Å². The van der Waals surface area contributed by atoms with Gasteiger partial charge in [0.1, 0.15) is 0 Å². The van der Waals surface area contributed by atoms with Crippen molar-refractivity contribution in [2.75, 3.05) is 46.0 Å². The Hall–Kier alpha value is -0.160. The van der Waals surface area contributed by atoms with Gasteiger partial charge in [-0.25, -0.2) is 0 Å². The van der Waals surface area contributed by atoms with Crippen LogP contribution in [0.4, 0.5) is 0 Å². The molecule has 0 rings (SSSR count). The van der Waals surface area contributed by atoms with Crippen LogP contribution in [0, 0.1) is 0 Å². The van der Waals surface area contributed by atoms with Gasteiger partial charge in [0, 0.05) is 19.2 Å². The smallest absolute Gasteiger partial charge is 0.0593 e. The third-order valence-corrected chi connectivity index (χ3v) is 2.71. The molecule has 0 spiro atoms. The van der Waals surface area contributed by atoms with Crippen LogP contribution >= 0.6 is 0 Å². The molecule has 0 aliphatic carbocycles. The van der Waals surface area contributed by atoms with E-state index in [0.29, 0.717) is 0 Å². The fraction of sp³-hybridized carbons (Fsp3) is 1.00. The Morgan fingerprint density at radius 2 is 2.00 bits per heavy atom. The van der Waals surface area contributed by atoms with Crippen molar-refractivity contribution in [1.82, 2.24) is 10.2 Å². The van der Waals surface area contributed by atoms with Gasteiger partial charge in [0.15, 0.2) is 0 Å². The van der Waals surface area contributed by atoms with E-state index in [-0.39, 0.29) is 12.6 Å². The molecule has 0 amide bonds. The highest BCUT2D eigenvalue weighted by Crippen LogP contribution is 1.96. The number of aliphatic hydroxyl groups excluding tert-OH is 1. The lowest BCUT2D eigenvalue weighted by Crippen LogP contribution is -2.37. The molecule has 0 bridgehead atoms. The van der Waals surface area contributed by atoms with Crippen LogP contribution in [-0.4, -0.2) is 62.0 Å². The topological polar surface area (TPSA) is 44.7 Å². The van der Waals surface area contributed by atoms with Gasteiger partial charge in [-0.1, -0.05) is 13.8 Å². The SMILES string of the molecule is CCNC(CO)CCN(CC)CCOCC. The summed E-state index contributed by atoms with van der Waals surface area (Å²) in [5.41, 5.74) is 0. The number of nitrogens with one attached hydrogen (secondary N) is 1. The highest BCUT2D eigenvalue weighted by molar-refractivity contribution is 4.67. The summed E-state index contributed by atoms with van der Waals surface area (Å²) in [6.07, 6.45) is 0.990. The summed E-state index contributed by atoms with van der Waals surface area (Å²) >= 11 is 0. The van der Waals surface area contributed by atoms with E-state index in [1.54, 1.807) is 0 Å². The number of rotatable bonds is 11. The van der Waals surface area contributed by atoms with E-state index in [1.807, 2.05) is 6.92 Å². The van der Waals surface area contributed by atoms with Gasteiger partial charge >= 0.3 is 0 Å². The van der Waals surface area contributed by atoms with Gasteiger partial charge in [-0.3, -0.25) is 0 Å². The first-order chi connectivity index (χ1) is 7.78. The number of likely N-dealkylation sites (N-methyl/N-ethyl adjacent to an activating group) is 2. The molecular formula is C12H28N2O2. The maximum Gasteiger partial charge on any atom is 0.0593 e. The molecule has 0 aromatic rings. The summed E-state index contributed by atoms with van der Waals surface area (Å²) in [6, 6.07) is 0.228. The lowest BCUT2D eigenvalue weighted by molar-refractivity contribution is 0.112. The predicted octanol–water partition coefficient (Wildman–Crippen LogP) is 0.705. The largest absolute Gasteiger partial charge is 0.395 e. The van der Waals surface area contributed by atoms with E-state index < -0.39 is 0 Å². The summed E-state index contributed by atoms with van der Waals surface area (Å²) in [6.45, 7) is 12.0. The summed E-state index contributed by atoms with van der Waals surface area (Å²) < 4.78 is 5.34. The molecule has 2 N–H and O–H groups in total. The second kappa shape index (κ2) is 11.3. The quantitative estimate of drug-likeness (QED) is 0.515. The Kier molecular flexibility index (Phi) is 11.2. The molecule has 0 saturated heterocycles. The standard InChI is InChI=1S/C12H28N2O2/c1-4-13-12(11-15)7-8-14(5-2)9-10-16-6-3/h12-13,15H,4-11H2,1-3H3. The number of hydrogen-bond donors (Lipinski definition) is 2. The molecule has 0 fully saturated rings. The molecule has 0 radical (unpaired) electrons. The molecule has 4 heteroatoms. The average Bonchev–Trinajstić information content (AvgIpc) is 2.31. The molecule has 0 aromatic carbocycles. The zero-order valence-corrected chi connectivity index (χ0v) is 11.0. The molecule has 0 saturated carbocycles. The molecule has 1 atom stereocenters. The highest BCUT2D eigenvalue weighted by atomic mass is 16.5. The lowest BCUT2D eigenvalue weighted by Gasteiger charge is -2.23. The van der Waals surface area contributed by atoms with Crippen LogP contribution in [0.3, 0.4) is 0 Å². The van der Waals surface area contributed by atoms with Gasteiger partial charge < -0.3 is 20.1 Å². The number of nitrogens with zero attached hydrogens (tertiary/aromatic N) is 1. The number of aliphatic hydroxyl groups is 1. The van der Waals surface area contributed by atoms with Crippen molar-refractivity contribution in [3.63, 3.8) is 0 Å². The first-order valence-electron chi connectivity index (χ1n) is 6.42. The molecule has 0 aliphatic heterocycles. The molecule has 4 nitrogen and oxygen atoms in total. The number of hydrogen-bond acceptors (Lipinski definition) is 4. The first kappa shape index (κ1) is 15.8. The maximum absolute atomic E-state index is 9.15. The Morgan fingerprint density at radius 1 is 1.25 bits per heavy atom. The van der Waals surface area contributed by atoms with Crippen LogP contribution in [0.5, 0.6) is 0 Å². The second-order valence-electron chi connectivity index (χ2n) is 3.86. The first-order valence-corrected chi connectivity index (χ1v) is 6.42. The van der Waals surface area contributed by atoms with E-state index in [2.05, 4.69) is 24.1 Å². The Morgan fingerprint density at radius 3 is 2.50 bits per heavy atom. The van der Waals surface area contributed by atoms with Gasteiger partial charge in [0.2, 0.25) is 0 Å². The summed E-state index contributed by atoms with van der Waals surface area (Å²) in [7, 11) is 0. The molecule has 0 heterocycles. The minimum atomic E-state index is 0.219. The van der Waals surface area contributed by atoms with Crippen LogP contribution in [0.15, 0.2) is 0 Å². The van der Waals surface area contributed by atoms with Crippen molar-refractivity contribution < 1.29 is 9.84 Å². The predicted molar refractivity (Wildman–Crippen MR) is 67.8 cm³/mol. The van der Waals surface area contributed by atoms with Crippen LogP contribution in [0.1, 0.15) is 27.2 Å². The summed E-state index contributed by atoms with van der Waals surface area (Å²) in [5, 5.41) is 12.4. The Labute approximate surface area is 100.0 Å². The van der Waals surface area contributed by atoms with E-state index in [4.69, 9.17) is 9.84 Å². The molecule has 0 aliphatic rings. The van der Waals surface area contributed by atoms with E-state index in [1.165, 1.54) is 0 Å². The number of ether oxygens (including phenoxy) is 1. The maximum atomic E-state index is 9.15. The Balaban J connectivity index is 3.66. The summed E-state index contributed by atoms with van der Waals surface area (Å²) in [5.74, 6) is 0. The van der Waals surface area contributed by atoms with E-state index in [0.717, 1.165) is 45.8 Å². The van der Waals surface area contributed by atoms with Crippen LogP contribution in [0.25, 0.3) is 0 Å². The zero-order valence-electron chi connectivity index (χ0n) is 11.0. The molecule has 1 unspecified atom stereocenters. The van der Waals surface area contributed by atoms with Crippen molar-refractivity contribution in [1.29, 1.82) is 0 Å². The van der Waals surface area contributed by atoms with Crippen molar-refractivity contribution >= 4 is 0 Å². The van der Waals surface area contributed by atoms with Crippen molar-refractivity contribution in [2.45, 2.75) is 33.2 Å². The van der Waals surface area contributed by atoms with Crippen LogP contribution in [0.2, 0.25) is 0 Å². The van der Waals surface area contributed by atoms with Crippen molar-refractivity contribution in [2.24, 2.45) is 0 Å². The van der Waals surface area contributed by atoms with Gasteiger partial charge in [-0.2, -0.15) is 0 Å². The van der Waals surface area contributed by atoms with Gasteiger partial charge in [-0.05, 0) is 33.0 Å². The zero-order chi connectivity index (χ0) is 12.2. The average molecular weight is 232 g/mol. The molecule has 98 valence electrons. The monoisotopic (exact) mass is 232 g/mol. The minimum absolute atomic E-state index is 0.219. The van der Waals surface area contributed by atoms with Crippen molar-refractivity contribution in [3.05, 3.63) is 0 Å². The van der Waals surface area contributed by atoms with E-state index >= 15 is 0 Å². The lowest BCUT2D eigenvalue weighted by atomic mass is 10.2. The molecule has 0 aromatic heterocycles. The highest BCUT2D eigenvalue weighted by Gasteiger charge is 2.08. The third-order valence-electron chi connectivity index (χ3n) is 2.71. The fourth-order valence-corrected chi connectivity index (χ4v) is 1.65. The minimum Gasteiger partial charge on any atom is -0.395 e. The normalized spacial score (nSPS) is 13.3. The van der Waals surface area contributed by atoms with Crippen molar-refractivity contribution in [3.8, 4) is 0 Å². The van der Waals surface area contributed by atoms with Crippen LogP contribution < -0.4 is 5.32 Å². The van der Waals surface area contributed by atoms with Gasteiger partial charge in [0.25, 0.3) is 0 Å². The van der Waals surface area contributed by atoms with Crippen LogP contribution in [-0.2, 0) is 4.74 Å². The summed E-state index contributed by atoms with van der Waals surface area (Å²) in [4.78, 5) is 2.36. The third kappa shape index (κ3) is 8.05. The van der Waals surface area contributed by atoms with Gasteiger partial charge in [0.05, 0.1) is 13.2 Å².